The minimum Gasteiger partial charge on any atom is -0.368 e. The second kappa shape index (κ2) is 8.70. The van der Waals surface area contributed by atoms with Crippen molar-refractivity contribution in [3.8, 4) is 0 Å². The van der Waals surface area contributed by atoms with Crippen molar-refractivity contribution in [2.45, 2.75) is 25.4 Å². The maximum absolute atomic E-state index is 12.9. The Bertz CT molecular complexity index is 697. The molecule has 9 heteroatoms. The highest BCUT2D eigenvalue weighted by molar-refractivity contribution is 5.78. The quantitative estimate of drug-likeness (QED) is 0.848. The first kappa shape index (κ1) is 20.3. The van der Waals surface area contributed by atoms with Crippen LogP contribution in [-0.2, 0) is 11.0 Å². The third kappa shape index (κ3) is 5.08. The van der Waals surface area contributed by atoms with Crippen LogP contribution in [0.1, 0.15) is 24.8 Å². The molecular formula is C19H25F3N4O2. The van der Waals surface area contributed by atoms with Crippen molar-refractivity contribution in [3.63, 3.8) is 0 Å². The summed E-state index contributed by atoms with van der Waals surface area (Å²) in [6.07, 6.45) is -2.01. The Morgan fingerprint density at radius 3 is 2.29 bits per heavy atom. The van der Waals surface area contributed by atoms with E-state index in [-0.39, 0.29) is 18.4 Å². The van der Waals surface area contributed by atoms with Crippen LogP contribution in [0.4, 0.5) is 23.7 Å². The van der Waals surface area contributed by atoms with Crippen LogP contribution in [0.2, 0.25) is 0 Å². The molecular weight excluding hydrogens is 373 g/mol. The van der Waals surface area contributed by atoms with Crippen molar-refractivity contribution in [1.82, 2.24) is 15.1 Å². The van der Waals surface area contributed by atoms with Gasteiger partial charge in [-0.2, -0.15) is 13.2 Å². The van der Waals surface area contributed by atoms with Crippen LogP contribution in [0.5, 0.6) is 0 Å². The van der Waals surface area contributed by atoms with Crippen molar-refractivity contribution < 1.29 is 22.8 Å². The lowest BCUT2D eigenvalue weighted by molar-refractivity contribution is -0.137. The van der Waals surface area contributed by atoms with E-state index in [1.165, 1.54) is 6.07 Å². The van der Waals surface area contributed by atoms with E-state index in [1.54, 1.807) is 11.0 Å². The van der Waals surface area contributed by atoms with Gasteiger partial charge in [0.1, 0.15) is 0 Å². The number of carbonyl (C=O) groups excluding carboxylic acids is 2. The first-order valence-electron chi connectivity index (χ1n) is 9.57. The minimum absolute atomic E-state index is 0.0622. The SMILES string of the molecule is O=C(CCNC(=O)N1CCN(c2cccc(C(F)(F)F)c2)CC1)N1CCCC1. The lowest BCUT2D eigenvalue weighted by Gasteiger charge is -2.36. The number of hydrogen-bond donors (Lipinski definition) is 1. The van der Waals surface area contributed by atoms with E-state index >= 15 is 0 Å². The summed E-state index contributed by atoms with van der Waals surface area (Å²) in [5.74, 6) is 0.0622. The van der Waals surface area contributed by atoms with Gasteiger partial charge in [-0.15, -0.1) is 0 Å². The molecule has 0 radical (unpaired) electrons. The van der Waals surface area contributed by atoms with E-state index in [1.807, 2.05) is 9.80 Å². The van der Waals surface area contributed by atoms with E-state index in [0.717, 1.165) is 38.1 Å². The number of alkyl halides is 3. The van der Waals surface area contributed by atoms with Gasteiger partial charge in [-0.1, -0.05) is 6.07 Å². The van der Waals surface area contributed by atoms with Crippen LogP contribution in [-0.4, -0.2) is 67.6 Å². The molecule has 2 saturated heterocycles. The molecule has 0 aromatic heterocycles. The fourth-order valence-electron chi connectivity index (χ4n) is 3.56. The molecule has 6 nitrogen and oxygen atoms in total. The predicted molar refractivity (Wildman–Crippen MR) is 99.1 cm³/mol. The van der Waals surface area contributed by atoms with Crippen LogP contribution in [0.15, 0.2) is 24.3 Å². The second-order valence-corrected chi connectivity index (χ2v) is 7.09. The summed E-state index contributed by atoms with van der Waals surface area (Å²) in [5.41, 5.74) is -0.168. The van der Waals surface area contributed by atoms with Crippen molar-refractivity contribution in [3.05, 3.63) is 29.8 Å². The van der Waals surface area contributed by atoms with Crippen LogP contribution >= 0.6 is 0 Å². The molecule has 0 bridgehead atoms. The standard InChI is InChI=1S/C19H25F3N4O2/c20-19(21,22)15-4-3-5-16(14-15)24-10-12-26(13-11-24)18(28)23-7-6-17(27)25-8-1-2-9-25/h3-5,14H,1-2,6-13H2,(H,23,28). The third-order valence-electron chi connectivity index (χ3n) is 5.18. The van der Waals surface area contributed by atoms with Gasteiger partial charge >= 0.3 is 12.2 Å². The average Bonchev–Trinajstić information content (AvgIpc) is 3.22. The minimum atomic E-state index is -4.37. The van der Waals surface area contributed by atoms with E-state index < -0.39 is 11.7 Å². The zero-order valence-corrected chi connectivity index (χ0v) is 15.7. The first-order valence-corrected chi connectivity index (χ1v) is 9.57. The number of urea groups is 1. The number of rotatable bonds is 4. The second-order valence-electron chi connectivity index (χ2n) is 7.09. The number of piperazine rings is 1. The molecule has 1 aromatic rings. The van der Waals surface area contributed by atoms with Gasteiger partial charge in [0, 0.05) is 57.9 Å². The molecule has 1 N–H and O–H groups in total. The number of carbonyl (C=O) groups is 2. The fourth-order valence-corrected chi connectivity index (χ4v) is 3.56. The van der Waals surface area contributed by atoms with Gasteiger partial charge in [0.2, 0.25) is 5.91 Å². The van der Waals surface area contributed by atoms with E-state index in [2.05, 4.69) is 5.32 Å². The largest absolute Gasteiger partial charge is 0.416 e. The number of nitrogens with one attached hydrogen (secondary N) is 1. The highest BCUT2D eigenvalue weighted by Gasteiger charge is 2.31. The number of hydrogen-bond acceptors (Lipinski definition) is 3. The van der Waals surface area contributed by atoms with Gasteiger partial charge in [0.15, 0.2) is 0 Å². The molecule has 2 heterocycles. The average molecular weight is 398 g/mol. The maximum atomic E-state index is 12.9. The normalized spacial score (nSPS) is 17.8. The number of anilines is 1. The molecule has 1 aromatic carbocycles. The molecule has 2 aliphatic rings. The molecule has 0 atom stereocenters. The summed E-state index contributed by atoms with van der Waals surface area (Å²) >= 11 is 0. The molecule has 0 spiro atoms. The zero-order chi connectivity index (χ0) is 20.1. The number of likely N-dealkylation sites (tertiary alicyclic amines) is 1. The van der Waals surface area contributed by atoms with Crippen LogP contribution in [0, 0.1) is 0 Å². The Hall–Kier alpha value is -2.45. The highest BCUT2D eigenvalue weighted by Crippen LogP contribution is 2.31. The van der Waals surface area contributed by atoms with Gasteiger partial charge < -0.3 is 20.0 Å². The molecule has 28 heavy (non-hydrogen) atoms. The Labute approximate surface area is 162 Å². The molecule has 2 aliphatic heterocycles. The maximum Gasteiger partial charge on any atom is 0.416 e. The molecule has 154 valence electrons. The van der Waals surface area contributed by atoms with Gasteiger partial charge in [-0.05, 0) is 31.0 Å². The molecule has 3 amide bonds. The fraction of sp³-hybridized carbons (Fsp3) is 0.579. The van der Waals surface area contributed by atoms with Crippen LogP contribution < -0.4 is 10.2 Å². The van der Waals surface area contributed by atoms with Crippen molar-refractivity contribution in [2.24, 2.45) is 0 Å². The lowest BCUT2D eigenvalue weighted by atomic mass is 10.1. The third-order valence-corrected chi connectivity index (χ3v) is 5.18. The van der Waals surface area contributed by atoms with Crippen LogP contribution in [0.25, 0.3) is 0 Å². The predicted octanol–water partition coefficient (Wildman–Crippen LogP) is 2.55. The summed E-state index contributed by atoms with van der Waals surface area (Å²) < 4.78 is 38.6. The van der Waals surface area contributed by atoms with Crippen molar-refractivity contribution >= 4 is 17.6 Å². The van der Waals surface area contributed by atoms with Gasteiger partial charge in [-0.25, -0.2) is 4.79 Å². The smallest absolute Gasteiger partial charge is 0.368 e. The van der Waals surface area contributed by atoms with Crippen molar-refractivity contribution in [2.75, 3.05) is 50.7 Å². The summed E-state index contributed by atoms with van der Waals surface area (Å²) in [7, 11) is 0. The summed E-state index contributed by atoms with van der Waals surface area (Å²) in [6, 6.07) is 5.00. The Kier molecular flexibility index (Phi) is 6.31. The molecule has 0 saturated carbocycles. The summed E-state index contributed by atoms with van der Waals surface area (Å²) in [4.78, 5) is 29.5. The summed E-state index contributed by atoms with van der Waals surface area (Å²) in [5, 5.41) is 2.76. The van der Waals surface area contributed by atoms with Gasteiger partial charge in [-0.3, -0.25) is 4.79 Å². The first-order chi connectivity index (χ1) is 13.3. The Morgan fingerprint density at radius 2 is 1.64 bits per heavy atom. The number of benzene rings is 1. The van der Waals surface area contributed by atoms with E-state index in [0.29, 0.717) is 38.4 Å². The van der Waals surface area contributed by atoms with Gasteiger partial charge in [0.05, 0.1) is 5.56 Å². The molecule has 0 unspecified atom stereocenters. The molecule has 0 aliphatic carbocycles. The number of amides is 3. The highest BCUT2D eigenvalue weighted by atomic mass is 19.4. The molecule has 3 rings (SSSR count). The van der Waals surface area contributed by atoms with Crippen molar-refractivity contribution in [1.29, 1.82) is 0 Å². The van der Waals surface area contributed by atoms with Crippen LogP contribution in [0.3, 0.4) is 0 Å². The van der Waals surface area contributed by atoms with E-state index in [4.69, 9.17) is 0 Å². The monoisotopic (exact) mass is 398 g/mol. The Balaban J connectivity index is 1.43. The summed E-state index contributed by atoms with van der Waals surface area (Å²) in [6.45, 7) is 3.64. The lowest BCUT2D eigenvalue weighted by Crippen LogP contribution is -2.52. The zero-order valence-electron chi connectivity index (χ0n) is 15.7. The molecule has 2 fully saturated rings. The topological polar surface area (TPSA) is 55.9 Å². The number of nitrogens with zero attached hydrogens (tertiary/aromatic N) is 3. The van der Waals surface area contributed by atoms with E-state index in [9.17, 15) is 22.8 Å². The van der Waals surface area contributed by atoms with Gasteiger partial charge in [0.25, 0.3) is 0 Å². The Morgan fingerprint density at radius 1 is 0.964 bits per heavy atom. The number of halogens is 3.